The number of esters is 1. The number of imidazole rings is 1. The highest BCUT2D eigenvalue weighted by Crippen LogP contribution is 2.09. The number of H-pyrrole nitrogens is 1. The third-order valence-electron chi connectivity index (χ3n) is 1.70. The summed E-state index contributed by atoms with van der Waals surface area (Å²) in [6.07, 6.45) is 3.61. The Labute approximate surface area is 89.0 Å². The maximum atomic E-state index is 11.5. The molecule has 0 radical (unpaired) electrons. The summed E-state index contributed by atoms with van der Waals surface area (Å²) < 4.78 is 5.15. The molecule has 1 heterocycles. The van der Waals surface area contributed by atoms with Crippen molar-refractivity contribution in [3.05, 3.63) is 18.2 Å². The Kier molecular flexibility index (Phi) is 3.47. The van der Waals surface area contributed by atoms with E-state index in [9.17, 15) is 4.79 Å². The first-order chi connectivity index (χ1) is 6.88. The molecule has 15 heavy (non-hydrogen) atoms. The molecular weight excluding hydrogens is 194 g/mol. The number of rotatable bonds is 3. The zero-order valence-electron chi connectivity index (χ0n) is 9.28. The van der Waals surface area contributed by atoms with Gasteiger partial charge < -0.3 is 15.5 Å². The van der Waals surface area contributed by atoms with Crippen LogP contribution < -0.4 is 5.73 Å². The predicted octanol–water partition coefficient (Wildman–Crippen LogP) is 0.621. The van der Waals surface area contributed by atoms with E-state index < -0.39 is 17.6 Å². The van der Waals surface area contributed by atoms with Crippen LogP contribution in [0.5, 0.6) is 0 Å². The summed E-state index contributed by atoms with van der Waals surface area (Å²) in [6, 6.07) is -0.648. The van der Waals surface area contributed by atoms with Crippen LogP contribution in [0, 0.1) is 0 Å². The molecule has 0 saturated carbocycles. The van der Waals surface area contributed by atoms with Crippen molar-refractivity contribution < 1.29 is 9.53 Å². The topological polar surface area (TPSA) is 81.0 Å². The highest BCUT2D eigenvalue weighted by atomic mass is 16.6. The second kappa shape index (κ2) is 4.44. The molecule has 0 saturated heterocycles. The van der Waals surface area contributed by atoms with E-state index in [1.807, 2.05) is 20.8 Å². The number of nitrogens with one attached hydrogen (secondary N) is 1. The molecule has 0 spiro atoms. The number of nitrogens with two attached hydrogens (primary N) is 1. The largest absolute Gasteiger partial charge is 0.459 e. The molecule has 84 valence electrons. The lowest BCUT2D eigenvalue weighted by atomic mass is 10.1. The van der Waals surface area contributed by atoms with Gasteiger partial charge in [-0.1, -0.05) is 0 Å². The molecule has 0 aliphatic rings. The van der Waals surface area contributed by atoms with Gasteiger partial charge in [-0.05, 0) is 20.8 Å². The summed E-state index contributed by atoms with van der Waals surface area (Å²) in [6.45, 7) is 5.44. The number of hydrogen-bond donors (Lipinski definition) is 2. The van der Waals surface area contributed by atoms with Gasteiger partial charge in [-0.25, -0.2) is 4.98 Å². The van der Waals surface area contributed by atoms with Crippen LogP contribution in [0.1, 0.15) is 26.5 Å². The molecule has 3 N–H and O–H groups in total. The SMILES string of the molecule is CC(C)(C)OC(=O)C(N)Cc1cnc[nH]1. The zero-order valence-corrected chi connectivity index (χ0v) is 9.28. The fourth-order valence-electron chi connectivity index (χ4n) is 1.09. The Morgan fingerprint density at radius 3 is 2.80 bits per heavy atom. The highest BCUT2D eigenvalue weighted by molar-refractivity contribution is 5.76. The van der Waals surface area contributed by atoms with Gasteiger partial charge in [-0.3, -0.25) is 4.79 Å². The molecule has 1 aromatic rings. The summed E-state index contributed by atoms with van der Waals surface area (Å²) in [4.78, 5) is 18.2. The maximum absolute atomic E-state index is 11.5. The quantitative estimate of drug-likeness (QED) is 0.718. The van der Waals surface area contributed by atoms with Crippen molar-refractivity contribution in [1.29, 1.82) is 0 Å². The Morgan fingerprint density at radius 2 is 2.33 bits per heavy atom. The molecule has 1 aromatic heterocycles. The number of aromatic amines is 1. The van der Waals surface area contributed by atoms with Gasteiger partial charge in [0.25, 0.3) is 0 Å². The van der Waals surface area contributed by atoms with E-state index in [4.69, 9.17) is 10.5 Å². The van der Waals surface area contributed by atoms with Crippen molar-refractivity contribution in [1.82, 2.24) is 9.97 Å². The molecule has 0 aliphatic heterocycles. The van der Waals surface area contributed by atoms with E-state index in [0.717, 1.165) is 5.69 Å². The summed E-state index contributed by atoms with van der Waals surface area (Å²) in [5.74, 6) is -0.392. The van der Waals surface area contributed by atoms with Crippen LogP contribution in [0.4, 0.5) is 0 Å². The standard InChI is InChI=1S/C10H17N3O2/c1-10(2,3)15-9(14)8(11)4-7-5-12-6-13-7/h5-6,8H,4,11H2,1-3H3,(H,12,13). The molecule has 0 bridgehead atoms. The van der Waals surface area contributed by atoms with Gasteiger partial charge in [0, 0.05) is 18.3 Å². The van der Waals surface area contributed by atoms with Crippen LogP contribution in [0.25, 0.3) is 0 Å². The zero-order chi connectivity index (χ0) is 11.5. The minimum atomic E-state index is -0.648. The lowest BCUT2D eigenvalue weighted by Crippen LogP contribution is -2.38. The van der Waals surface area contributed by atoms with Gasteiger partial charge in [-0.2, -0.15) is 0 Å². The lowest BCUT2D eigenvalue weighted by Gasteiger charge is -2.21. The van der Waals surface area contributed by atoms with Crippen molar-refractivity contribution >= 4 is 5.97 Å². The van der Waals surface area contributed by atoms with E-state index in [1.54, 1.807) is 12.5 Å². The molecule has 0 aromatic carbocycles. The van der Waals surface area contributed by atoms with Crippen molar-refractivity contribution in [2.75, 3.05) is 0 Å². The van der Waals surface area contributed by atoms with Crippen LogP contribution in [-0.2, 0) is 16.0 Å². The third kappa shape index (κ3) is 4.12. The van der Waals surface area contributed by atoms with E-state index in [2.05, 4.69) is 9.97 Å². The summed E-state index contributed by atoms with van der Waals surface area (Å²) in [5, 5.41) is 0. The fraction of sp³-hybridized carbons (Fsp3) is 0.600. The Bertz CT molecular complexity index is 314. The van der Waals surface area contributed by atoms with Crippen molar-refractivity contribution in [2.24, 2.45) is 5.73 Å². The number of aromatic nitrogens is 2. The van der Waals surface area contributed by atoms with Crippen LogP contribution in [0.15, 0.2) is 12.5 Å². The van der Waals surface area contributed by atoms with Crippen molar-refractivity contribution in [2.45, 2.75) is 38.8 Å². The Morgan fingerprint density at radius 1 is 1.67 bits per heavy atom. The molecule has 1 rings (SSSR count). The second-order valence-electron chi connectivity index (χ2n) is 4.42. The van der Waals surface area contributed by atoms with Gasteiger partial charge in [0.2, 0.25) is 0 Å². The second-order valence-corrected chi connectivity index (χ2v) is 4.42. The third-order valence-corrected chi connectivity index (χ3v) is 1.70. The fourth-order valence-corrected chi connectivity index (χ4v) is 1.09. The average Bonchev–Trinajstić information content (AvgIpc) is 2.53. The number of carbonyl (C=O) groups excluding carboxylic acids is 1. The Balaban J connectivity index is 2.47. The molecule has 1 atom stereocenters. The summed E-state index contributed by atoms with van der Waals surface area (Å²) in [7, 11) is 0. The first kappa shape index (κ1) is 11.7. The molecular formula is C10H17N3O2. The minimum absolute atomic E-state index is 0.392. The lowest BCUT2D eigenvalue weighted by molar-refractivity contribution is -0.156. The number of carbonyl (C=O) groups is 1. The highest BCUT2D eigenvalue weighted by Gasteiger charge is 2.22. The van der Waals surface area contributed by atoms with Gasteiger partial charge in [-0.15, -0.1) is 0 Å². The monoisotopic (exact) mass is 211 g/mol. The normalized spacial score (nSPS) is 13.6. The molecule has 1 unspecified atom stereocenters. The summed E-state index contributed by atoms with van der Waals surface area (Å²) >= 11 is 0. The van der Waals surface area contributed by atoms with Gasteiger partial charge in [0.15, 0.2) is 0 Å². The Hall–Kier alpha value is -1.36. The van der Waals surface area contributed by atoms with Crippen LogP contribution in [0.3, 0.4) is 0 Å². The van der Waals surface area contributed by atoms with Crippen LogP contribution in [0.2, 0.25) is 0 Å². The van der Waals surface area contributed by atoms with E-state index >= 15 is 0 Å². The minimum Gasteiger partial charge on any atom is -0.459 e. The molecule has 5 nitrogen and oxygen atoms in total. The number of nitrogens with zero attached hydrogens (tertiary/aromatic N) is 1. The maximum Gasteiger partial charge on any atom is 0.323 e. The number of ether oxygens (including phenoxy) is 1. The van der Waals surface area contributed by atoms with Gasteiger partial charge >= 0.3 is 5.97 Å². The predicted molar refractivity (Wildman–Crippen MR) is 56.1 cm³/mol. The first-order valence-electron chi connectivity index (χ1n) is 4.84. The molecule has 5 heteroatoms. The summed E-state index contributed by atoms with van der Waals surface area (Å²) in [5.41, 5.74) is 6.02. The van der Waals surface area contributed by atoms with Crippen LogP contribution in [-0.4, -0.2) is 27.6 Å². The van der Waals surface area contributed by atoms with Gasteiger partial charge in [0.1, 0.15) is 11.6 Å². The molecule has 0 aliphatic carbocycles. The first-order valence-corrected chi connectivity index (χ1v) is 4.84. The van der Waals surface area contributed by atoms with E-state index in [0.29, 0.717) is 6.42 Å². The van der Waals surface area contributed by atoms with E-state index in [1.165, 1.54) is 0 Å². The number of hydrogen-bond acceptors (Lipinski definition) is 4. The molecule has 0 amide bonds. The van der Waals surface area contributed by atoms with Crippen molar-refractivity contribution in [3.63, 3.8) is 0 Å². The van der Waals surface area contributed by atoms with Crippen molar-refractivity contribution in [3.8, 4) is 0 Å². The smallest absolute Gasteiger partial charge is 0.323 e. The molecule has 0 fully saturated rings. The van der Waals surface area contributed by atoms with Crippen LogP contribution >= 0.6 is 0 Å². The average molecular weight is 211 g/mol. The van der Waals surface area contributed by atoms with Gasteiger partial charge in [0.05, 0.1) is 6.33 Å². The van der Waals surface area contributed by atoms with E-state index in [-0.39, 0.29) is 0 Å².